The fraction of sp³-hybridized carbons (Fsp3) is 0.0588. The molecule has 0 aliphatic rings. The summed E-state index contributed by atoms with van der Waals surface area (Å²) in [6.07, 6.45) is 0. The Morgan fingerprint density at radius 3 is 2.79 bits per heavy atom. The Hall–Kier alpha value is -3.17. The third-order valence-electron chi connectivity index (χ3n) is 3.48. The van der Waals surface area contributed by atoms with E-state index in [1.54, 1.807) is 48.5 Å². The smallest absolute Gasteiger partial charge is 0.277 e. The molecular formula is C17H11ClN4O2. The highest BCUT2D eigenvalue weighted by Gasteiger charge is 2.20. The highest BCUT2D eigenvalue weighted by atomic mass is 35.5. The first-order valence-electron chi connectivity index (χ1n) is 7.03. The number of aromatic nitrogens is 2. The van der Waals surface area contributed by atoms with Gasteiger partial charge in [0.1, 0.15) is 6.04 Å². The molecule has 1 atom stereocenters. The first kappa shape index (κ1) is 15.7. The first-order chi connectivity index (χ1) is 11.6. The lowest BCUT2D eigenvalue weighted by atomic mass is 10.1. The van der Waals surface area contributed by atoms with Gasteiger partial charge in [-0.2, -0.15) is 10.4 Å². The van der Waals surface area contributed by atoms with Gasteiger partial charge >= 0.3 is 0 Å². The summed E-state index contributed by atoms with van der Waals surface area (Å²) in [5, 5.41) is 19.1. The molecule has 0 aliphatic carbocycles. The maximum Gasteiger partial charge on any atom is 0.277 e. The molecule has 0 saturated heterocycles. The molecule has 3 rings (SSSR count). The van der Waals surface area contributed by atoms with Crippen LogP contribution in [0.2, 0.25) is 5.02 Å². The van der Waals surface area contributed by atoms with E-state index in [1.165, 1.54) is 0 Å². The number of nitrogens with zero attached hydrogens (tertiary/aromatic N) is 2. The van der Waals surface area contributed by atoms with Crippen molar-refractivity contribution in [2.24, 2.45) is 0 Å². The van der Waals surface area contributed by atoms with Crippen LogP contribution in [-0.2, 0) is 0 Å². The number of halogens is 1. The predicted octanol–water partition coefficient (Wildman–Crippen LogP) is 2.57. The van der Waals surface area contributed by atoms with Gasteiger partial charge in [0.25, 0.3) is 5.91 Å². The van der Waals surface area contributed by atoms with E-state index < -0.39 is 17.4 Å². The fourth-order valence-electron chi connectivity index (χ4n) is 2.30. The van der Waals surface area contributed by atoms with Crippen LogP contribution in [0.1, 0.15) is 22.1 Å². The molecule has 1 aromatic heterocycles. The maximum atomic E-state index is 12.4. The number of hydrogen-bond acceptors (Lipinski definition) is 4. The van der Waals surface area contributed by atoms with Gasteiger partial charge in [-0.25, -0.2) is 0 Å². The number of H-pyrrole nitrogens is 1. The van der Waals surface area contributed by atoms with E-state index in [9.17, 15) is 14.9 Å². The molecule has 1 heterocycles. The number of carbonyl (C=O) groups is 1. The minimum Gasteiger partial charge on any atom is -0.331 e. The SMILES string of the molecule is N#CC(NC(=O)c1n[nH]c2ccccc2c1=O)c1cccc(Cl)c1. The standard InChI is InChI=1S/C17H11ClN4O2/c18-11-5-3-4-10(8-11)14(9-19)20-17(24)15-16(23)12-6-1-2-7-13(12)21-22-15/h1-8,14H,(H,20,24)(H,21,23). The van der Waals surface area contributed by atoms with Crippen molar-refractivity contribution in [1.82, 2.24) is 15.5 Å². The summed E-state index contributed by atoms with van der Waals surface area (Å²) in [6, 6.07) is 14.4. The van der Waals surface area contributed by atoms with Gasteiger partial charge < -0.3 is 5.32 Å². The van der Waals surface area contributed by atoms with Gasteiger partial charge in [0.2, 0.25) is 5.43 Å². The number of benzene rings is 2. The largest absolute Gasteiger partial charge is 0.331 e. The molecule has 24 heavy (non-hydrogen) atoms. The zero-order valence-corrected chi connectivity index (χ0v) is 13.0. The Kier molecular flexibility index (Phi) is 4.27. The molecule has 1 unspecified atom stereocenters. The van der Waals surface area contributed by atoms with E-state index in [4.69, 9.17) is 11.6 Å². The quantitative estimate of drug-likeness (QED) is 0.766. The van der Waals surface area contributed by atoms with Crippen molar-refractivity contribution in [2.45, 2.75) is 6.04 Å². The Morgan fingerprint density at radius 1 is 1.25 bits per heavy atom. The molecule has 0 aliphatic heterocycles. The second-order valence-electron chi connectivity index (χ2n) is 5.04. The number of aromatic amines is 1. The summed E-state index contributed by atoms with van der Waals surface area (Å²) in [6.45, 7) is 0. The van der Waals surface area contributed by atoms with E-state index in [1.807, 2.05) is 6.07 Å². The zero-order valence-electron chi connectivity index (χ0n) is 12.3. The number of para-hydroxylation sites is 1. The van der Waals surface area contributed by atoms with Crippen molar-refractivity contribution in [1.29, 1.82) is 5.26 Å². The topological polar surface area (TPSA) is 98.6 Å². The van der Waals surface area contributed by atoms with Gasteiger partial charge in [0.15, 0.2) is 5.69 Å². The van der Waals surface area contributed by atoms with Crippen molar-refractivity contribution in [3.05, 3.63) is 75.0 Å². The average Bonchev–Trinajstić information content (AvgIpc) is 2.60. The highest BCUT2D eigenvalue weighted by molar-refractivity contribution is 6.30. The second-order valence-corrected chi connectivity index (χ2v) is 5.47. The third kappa shape index (κ3) is 2.98. The molecule has 6 nitrogen and oxygen atoms in total. The molecule has 0 spiro atoms. The van der Waals surface area contributed by atoms with E-state index >= 15 is 0 Å². The van der Waals surface area contributed by atoms with Crippen LogP contribution in [0.3, 0.4) is 0 Å². The van der Waals surface area contributed by atoms with Crippen LogP contribution in [0.15, 0.2) is 53.3 Å². The Bertz CT molecular complexity index is 1020. The van der Waals surface area contributed by atoms with E-state index in [-0.39, 0.29) is 5.69 Å². The Balaban J connectivity index is 1.93. The molecule has 2 aromatic carbocycles. The minimum absolute atomic E-state index is 0.295. The van der Waals surface area contributed by atoms with Gasteiger partial charge in [0.05, 0.1) is 11.6 Å². The molecule has 0 radical (unpaired) electrons. The lowest BCUT2D eigenvalue weighted by Crippen LogP contribution is -2.33. The van der Waals surface area contributed by atoms with Crippen LogP contribution in [0.25, 0.3) is 10.9 Å². The first-order valence-corrected chi connectivity index (χ1v) is 7.41. The third-order valence-corrected chi connectivity index (χ3v) is 3.71. The fourth-order valence-corrected chi connectivity index (χ4v) is 2.50. The van der Waals surface area contributed by atoms with Crippen LogP contribution in [0.4, 0.5) is 0 Å². The van der Waals surface area contributed by atoms with Crippen LogP contribution in [-0.4, -0.2) is 16.1 Å². The second kappa shape index (κ2) is 6.52. The number of hydrogen-bond donors (Lipinski definition) is 2. The average molecular weight is 339 g/mol. The van der Waals surface area contributed by atoms with Gasteiger partial charge in [-0.3, -0.25) is 14.7 Å². The Morgan fingerprint density at radius 2 is 2.04 bits per heavy atom. The van der Waals surface area contributed by atoms with Gasteiger partial charge in [-0.15, -0.1) is 0 Å². The molecule has 0 bridgehead atoms. The molecule has 0 fully saturated rings. The molecule has 7 heteroatoms. The number of carbonyl (C=O) groups excluding carboxylic acids is 1. The number of fused-ring (bicyclic) bond motifs is 1. The summed E-state index contributed by atoms with van der Waals surface area (Å²) in [5.74, 6) is -0.728. The molecule has 2 N–H and O–H groups in total. The monoisotopic (exact) mass is 338 g/mol. The summed E-state index contributed by atoms with van der Waals surface area (Å²) in [7, 11) is 0. The van der Waals surface area contributed by atoms with Crippen molar-refractivity contribution in [2.75, 3.05) is 0 Å². The number of nitrogens with one attached hydrogen (secondary N) is 2. The molecule has 118 valence electrons. The van der Waals surface area contributed by atoms with Crippen LogP contribution >= 0.6 is 11.6 Å². The molecule has 3 aromatic rings. The number of rotatable bonds is 3. The van der Waals surface area contributed by atoms with E-state index in [0.29, 0.717) is 21.5 Å². The normalized spacial score (nSPS) is 11.7. The predicted molar refractivity (Wildman–Crippen MR) is 89.6 cm³/mol. The van der Waals surface area contributed by atoms with Crippen LogP contribution < -0.4 is 10.7 Å². The van der Waals surface area contributed by atoms with Gasteiger partial charge in [-0.05, 0) is 29.8 Å². The zero-order chi connectivity index (χ0) is 17.1. The maximum absolute atomic E-state index is 12.4. The van der Waals surface area contributed by atoms with E-state index in [0.717, 1.165) is 0 Å². The van der Waals surface area contributed by atoms with Crippen molar-refractivity contribution >= 4 is 28.4 Å². The van der Waals surface area contributed by atoms with Crippen molar-refractivity contribution in [3.8, 4) is 6.07 Å². The number of nitriles is 1. The summed E-state index contributed by atoms with van der Waals surface area (Å²) in [5.41, 5.74) is 0.266. The van der Waals surface area contributed by atoms with Crippen LogP contribution in [0.5, 0.6) is 0 Å². The Labute approximate surface area is 141 Å². The van der Waals surface area contributed by atoms with Crippen LogP contribution in [0, 0.1) is 11.3 Å². The van der Waals surface area contributed by atoms with Crippen molar-refractivity contribution in [3.63, 3.8) is 0 Å². The molecule has 0 saturated carbocycles. The lowest BCUT2D eigenvalue weighted by Gasteiger charge is -2.11. The summed E-state index contributed by atoms with van der Waals surface area (Å²) >= 11 is 5.90. The van der Waals surface area contributed by atoms with Gasteiger partial charge in [-0.1, -0.05) is 35.9 Å². The highest BCUT2D eigenvalue weighted by Crippen LogP contribution is 2.17. The number of amides is 1. The van der Waals surface area contributed by atoms with E-state index in [2.05, 4.69) is 15.5 Å². The summed E-state index contributed by atoms with van der Waals surface area (Å²) < 4.78 is 0. The van der Waals surface area contributed by atoms with Crippen molar-refractivity contribution < 1.29 is 4.79 Å². The summed E-state index contributed by atoms with van der Waals surface area (Å²) in [4.78, 5) is 24.7. The molecule has 1 amide bonds. The molecular weight excluding hydrogens is 328 g/mol. The lowest BCUT2D eigenvalue weighted by molar-refractivity contribution is 0.0938. The minimum atomic E-state index is -0.941. The van der Waals surface area contributed by atoms with Gasteiger partial charge in [0, 0.05) is 10.4 Å².